The van der Waals surface area contributed by atoms with E-state index in [0.717, 1.165) is 5.56 Å². The predicted octanol–water partition coefficient (Wildman–Crippen LogP) is 4.43. The Balaban J connectivity index is 2.20. The van der Waals surface area contributed by atoms with Gasteiger partial charge in [0.1, 0.15) is 0 Å². The van der Waals surface area contributed by atoms with Gasteiger partial charge in [0.05, 0.1) is 21.3 Å². The number of carbonyl (C=O) groups excluding carboxylic acids is 1. The first-order chi connectivity index (χ1) is 11.5. The average molecular weight is 381 g/mol. The molecule has 134 valence electrons. The van der Waals surface area contributed by atoms with Gasteiger partial charge in [-0.05, 0) is 37.3 Å². The lowest BCUT2D eigenvalue weighted by Crippen LogP contribution is -2.27. The fraction of sp³-hybridized carbons (Fsp3) is 0.278. The molecule has 2 aromatic rings. The Morgan fingerprint density at radius 3 is 2.16 bits per heavy atom. The van der Waals surface area contributed by atoms with E-state index in [1.54, 1.807) is 45.0 Å². The molecule has 0 radical (unpaired) electrons. The first kappa shape index (κ1) is 19.3. The molecule has 0 saturated heterocycles. The highest BCUT2D eigenvalue weighted by molar-refractivity contribution is 7.92. The van der Waals surface area contributed by atoms with Crippen molar-refractivity contribution < 1.29 is 13.2 Å². The van der Waals surface area contributed by atoms with Crippen molar-refractivity contribution in [3.8, 4) is 0 Å². The summed E-state index contributed by atoms with van der Waals surface area (Å²) in [7, 11) is -3.70. The number of amides is 1. The first-order valence-electron chi connectivity index (χ1n) is 7.69. The van der Waals surface area contributed by atoms with E-state index in [1.165, 1.54) is 18.2 Å². The highest BCUT2D eigenvalue weighted by Gasteiger charge is 2.22. The van der Waals surface area contributed by atoms with E-state index in [-0.39, 0.29) is 15.8 Å². The molecule has 2 aromatic carbocycles. The summed E-state index contributed by atoms with van der Waals surface area (Å²) in [6, 6.07) is 11.1. The molecule has 5 nitrogen and oxygen atoms in total. The van der Waals surface area contributed by atoms with Gasteiger partial charge in [-0.15, -0.1) is 0 Å². The molecule has 0 aliphatic carbocycles. The van der Waals surface area contributed by atoms with Gasteiger partial charge in [0.25, 0.3) is 10.0 Å². The minimum Gasteiger partial charge on any atom is -0.324 e. The molecule has 0 spiro atoms. The molecule has 0 fully saturated rings. The number of anilines is 2. The van der Waals surface area contributed by atoms with Crippen LogP contribution >= 0.6 is 11.6 Å². The molecule has 0 aliphatic heterocycles. The number of hydrogen-bond acceptors (Lipinski definition) is 3. The number of nitrogens with one attached hydrogen (secondary N) is 2. The van der Waals surface area contributed by atoms with Crippen molar-refractivity contribution in [1.29, 1.82) is 0 Å². The topological polar surface area (TPSA) is 75.3 Å². The van der Waals surface area contributed by atoms with Crippen molar-refractivity contribution in [2.75, 3.05) is 10.0 Å². The van der Waals surface area contributed by atoms with Crippen molar-refractivity contribution in [3.05, 3.63) is 53.1 Å². The van der Waals surface area contributed by atoms with Crippen molar-refractivity contribution in [2.24, 2.45) is 5.41 Å². The van der Waals surface area contributed by atoms with E-state index in [1.807, 2.05) is 6.92 Å². The van der Waals surface area contributed by atoms with E-state index in [4.69, 9.17) is 11.6 Å². The summed E-state index contributed by atoms with van der Waals surface area (Å²) in [5.74, 6) is -0.178. The summed E-state index contributed by atoms with van der Waals surface area (Å²) < 4.78 is 27.3. The maximum Gasteiger partial charge on any atom is 0.261 e. The van der Waals surface area contributed by atoms with Gasteiger partial charge < -0.3 is 5.32 Å². The van der Waals surface area contributed by atoms with Gasteiger partial charge in [-0.2, -0.15) is 0 Å². The zero-order valence-corrected chi connectivity index (χ0v) is 16.1. The number of hydrogen-bond donors (Lipinski definition) is 2. The van der Waals surface area contributed by atoms with Crippen LogP contribution in [0.5, 0.6) is 0 Å². The summed E-state index contributed by atoms with van der Waals surface area (Å²) in [6.07, 6.45) is 0. The molecule has 1 amide bonds. The molecule has 0 aliphatic rings. The SMILES string of the molecule is Cc1ccc(S(=O)(=O)Nc2ccc(NC(=O)C(C)(C)C)c(Cl)c2)cc1. The number of aryl methyl sites for hydroxylation is 1. The summed E-state index contributed by atoms with van der Waals surface area (Å²) >= 11 is 6.17. The number of sulfonamides is 1. The molecule has 2 N–H and O–H groups in total. The average Bonchev–Trinajstić information content (AvgIpc) is 2.49. The van der Waals surface area contributed by atoms with Gasteiger partial charge in [-0.1, -0.05) is 50.1 Å². The van der Waals surface area contributed by atoms with Crippen molar-refractivity contribution >= 4 is 38.9 Å². The van der Waals surface area contributed by atoms with Gasteiger partial charge in [-0.3, -0.25) is 9.52 Å². The fourth-order valence-electron chi connectivity index (χ4n) is 1.92. The normalized spacial score (nSPS) is 11.9. The van der Waals surface area contributed by atoms with Gasteiger partial charge in [0.15, 0.2) is 0 Å². The van der Waals surface area contributed by atoms with Gasteiger partial charge in [0.2, 0.25) is 5.91 Å². The quantitative estimate of drug-likeness (QED) is 0.823. The fourth-order valence-corrected chi connectivity index (χ4v) is 3.20. The molecule has 0 unspecified atom stereocenters. The third-order valence-corrected chi connectivity index (χ3v) is 5.19. The molecular weight excluding hydrogens is 360 g/mol. The number of rotatable bonds is 4. The van der Waals surface area contributed by atoms with Crippen LogP contribution in [0.2, 0.25) is 5.02 Å². The molecule has 0 aromatic heterocycles. The maximum atomic E-state index is 12.4. The zero-order valence-electron chi connectivity index (χ0n) is 14.6. The van der Waals surface area contributed by atoms with Crippen molar-refractivity contribution in [2.45, 2.75) is 32.6 Å². The van der Waals surface area contributed by atoms with Gasteiger partial charge >= 0.3 is 0 Å². The predicted molar refractivity (Wildman–Crippen MR) is 102 cm³/mol. The first-order valence-corrected chi connectivity index (χ1v) is 9.56. The molecule has 7 heteroatoms. The summed E-state index contributed by atoms with van der Waals surface area (Å²) in [5, 5.41) is 2.98. The summed E-state index contributed by atoms with van der Waals surface area (Å²) in [4.78, 5) is 12.2. The molecule has 2 rings (SSSR count). The summed E-state index contributed by atoms with van der Waals surface area (Å²) in [5.41, 5.74) is 1.16. The Hall–Kier alpha value is -2.05. The van der Waals surface area contributed by atoms with Crippen LogP contribution in [-0.4, -0.2) is 14.3 Å². The van der Waals surface area contributed by atoms with Gasteiger partial charge in [-0.25, -0.2) is 8.42 Å². The molecule has 25 heavy (non-hydrogen) atoms. The Labute approximate surface area is 153 Å². The smallest absolute Gasteiger partial charge is 0.261 e. The van der Waals surface area contributed by atoms with Crippen LogP contribution in [0.4, 0.5) is 11.4 Å². The number of carbonyl (C=O) groups is 1. The van der Waals surface area contributed by atoms with Gasteiger partial charge in [0, 0.05) is 5.41 Å². The second-order valence-electron chi connectivity index (χ2n) is 6.82. The lowest BCUT2D eigenvalue weighted by atomic mass is 9.95. The highest BCUT2D eigenvalue weighted by atomic mass is 35.5. The monoisotopic (exact) mass is 380 g/mol. The second kappa shape index (κ2) is 7.06. The minimum absolute atomic E-state index is 0.166. The maximum absolute atomic E-state index is 12.4. The molecule has 0 atom stereocenters. The molecule has 0 heterocycles. The lowest BCUT2D eigenvalue weighted by Gasteiger charge is -2.18. The molecule has 0 saturated carbocycles. The Bertz CT molecular complexity index is 886. The van der Waals surface area contributed by atoms with Crippen molar-refractivity contribution in [3.63, 3.8) is 0 Å². The molecular formula is C18H21ClN2O3S. The summed E-state index contributed by atoms with van der Waals surface area (Å²) in [6.45, 7) is 7.26. The lowest BCUT2D eigenvalue weighted by molar-refractivity contribution is -0.123. The Morgan fingerprint density at radius 2 is 1.64 bits per heavy atom. The van der Waals surface area contributed by atoms with Crippen LogP contribution in [0.15, 0.2) is 47.4 Å². The van der Waals surface area contributed by atoms with E-state index in [0.29, 0.717) is 11.4 Å². The second-order valence-corrected chi connectivity index (χ2v) is 8.91. The minimum atomic E-state index is -3.70. The van der Waals surface area contributed by atoms with Crippen LogP contribution in [0.3, 0.4) is 0 Å². The van der Waals surface area contributed by atoms with E-state index in [9.17, 15) is 13.2 Å². The third kappa shape index (κ3) is 4.96. The van der Waals surface area contributed by atoms with E-state index >= 15 is 0 Å². The number of halogens is 1. The molecule has 0 bridgehead atoms. The van der Waals surface area contributed by atoms with E-state index in [2.05, 4.69) is 10.0 Å². The van der Waals surface area contributed by atoms with Crippen molar-refractivity contribution in [1.82, 2.24) is 0 Å². The zero-order chi connectivity index (χ0) is 18.8. The third-order valence-electron chi connectivity index (χ3n) is 3.48. The highest BCUT2D eigenvalue weighted by Crippen LogP contribution is 2.28. The standard InChI is InChI=1S/C18H21ClN2O3S/c1-12-5-8-14(9-6-12)25(23,24)21-13-7-10-16(15(19)11-13)20-17(22)18(2,3)4/h5-11,21H,1-4H3,(H,20,22). The van der Waals surface area contributed by atoms with Crippen LogP contribution in [0.25, 0.3) is 0 Å². The Kier molecular flexibility index (Phi) is 5.44. The largest absolute Gasteiger partial charge is 0.324 e. The van der Waals surface area contributed by atoms with Crippen LogP contribution in [0.1, 0.15) is 26.3 Å². The van der Waals surface area contributed by atoms with E-state index < -0.39 is 15.4 Å². The van der Waals surface area contributed by atoms with Crippen LogP contribution in [0, 0.1) is 12.3 Å². The number of benzene rings is 2. The Morgan fingerprint density at radius 1 is 1.04 bits per heavy atom. The van der Waals surface area contributed by atoms with Crippen LogP contribution < -0.4 is 10.0 Å². The van der Waals surface area contributed by atoms with Crippen LogP contribution in [-0.2, 0) is 14.8 Å².